The molecule has 4 rings (SSSR count). The van der Waals surface area contributed by atoms with Crippen molar-refractivity contribution in [2.45, 2.75) is 19.1 Å². The summed E-state index contributed by atoms with van der Waals surface area (Å²) in [6.45, 7) is 2.86. The lowest BCUT2D eigenvalue weighted by Crippen LogP contribution is -2.29. The Balaban J connectivity index is 1.56. The molecule has 0 spiro atoms. The van der Waals surface area contributed by atoms with Gasteiger partial charge in [-0.3, -0.25) is 4.90 Å². The molecular formula is C21H23N3. The monoisotopic (exact) mass is 317 g/mol. The van der Waals surface area contributed by atoms with E-state index in [4.69, 9.17) is 0 Å². The molecular weight excluding hydrogens is 294 g/mol. The normalized spacial score (nSPS) is 16.2. The number of likely N-dealkylation sites (N-methyl/N-ethyl adjacent to an activating group) is 1. The highest BCUT2D eigenvalue weighted by molar-refractivity contribution is 5.54. The number of para-hydroxylation sites is 1. The second-order valence-corrected chi connectivity index (χ2v) is 6.60. The number of benzene rings is 2. The molecule has 3 nitrogen and oxygen atoms in total. The van der Waals surface area contributed by atoms with Crippen molar-refractivity contribution >= 4 is 5.69 Å². The Morgan fingerprint density at radius 1 is 1.00 bits per heavy atom. The van der Waals surface area contributed by atoms with E-state index in [1.807, 2.05) is 0 Å². The zero-order valence-electron chi connectivity index (χ0n) is 14.0. The number of hydrogen-bond donors (Lipinski definition) is 1. The lowest BCUT2D eigenvalue weighted by atomic mass is 10.1. The summed E-state index contributed by atoms with van der Waals surface area (Å²) in [5.41, 5.74) is 5.30. The molecule has 1 aliphatic heterocycles. The highest BCUT2D eigenvalue weighted by Crippen LogP contribution is 2.29. The predicted octanol–water partition coefficient (Wildman–Crippen LogP) is 4.14. The van der Waals surface area contributed by atoms with E-state index in [1.165, 1.54) is 22.5 Å². The van der Waals surface area contributed by atoms with Gasteiger partial charge in [-0.25, -0.2) is 0 Å². The molecule has 1 aliphatic rings. The molecule has 2 heterocycles. The smallest absolute Gasteiger partial charge is 0.0792 e. The number of fused-ring (bicyclic) bond motifs is 2. The molecule has 0 aliphatic carbocycles. The van der Waals surface area contributed by atoms with E-state index >= 15 is 0 Å². The van der Waals surface area contributed by atoms with Crippen LogP contribution < -0.4 is 5.32 Å². The molecule has 0 bridgehead atoms. The first-order valence-corrected chi connectivity index (χ1v) is 8.51. The van der Waals surface area contributed by atoms with Crippen LogP contribution in [0.25, 0.3) is 0 Å². The highest BCUT2D eigenvalue weighted by atomic mass is 15.2. The third-order valence-corrected chi connectivity index (χ3v) is 4.70. The van der Waals surface area contributed by atoms with Gasteiger partial charge in [0.05, 0.1) is 6.04 Å². The fourth-order valence-corrected chi connectivity index (χ4v) is 3.54. The molecule has 24 heavy (non-hydrogen) atoms. The van der Waals surface area contributed by atoms with Crippen LogP contribution >= 0.6 is 0 Å². The Hall–Kier alpha value is -2.52. The van der Waals surface area contributed by atoms with E-state index in [1.54, 1.807) is 0 Å². The Morgan fingerprint density at radius 2 is 1.79 bits per heavy atom. The Morgan fingerprint density at radius 3 is 2.67 bits per heavy atom. The Bertz CT molecular complexity index is 807. The van der Waals surface area contributed by atoms with E-state index in [0.717, 1.165) is 19.6 Å². The maximum atomic E-state index is 3.76. The Labute approximate surface area is 143 Å². The second-order valence-electron chi connectivity index (χ2n) is 6.60. The van der Waals surface area contributed by atoms with Crippen molar-refractivity contribution in [2.24, 2.45) is 0 Å². The molecule has 3 heteroatoms. The molecule has 0 fully saturated rings. The molecule has 0 amide bonds. The van der Waals surface area contributed by atoms with Gasteiger partial charge in [-0.15, -0.1) is 0 Å². The van der Waals surface area contributed by atoms with Gasteiger partial charge in [-0.05, 0) is 36.4 Å². The summed E-state index contributed by atoms with van der Waals surface area (Å²) in [6, 6.07) is 24.0. The lowest BCUT2D eigenvalue weighted by Gasteiger charge is -2.25. The topological polar surface area (TPSA) is 20.2 Å². The quantitative estimate of drug-likeness (QED) is 0.780. The summed E-state index contributed by atoms with van der Waals surface area (Å²) < 4.78 is 2.36. The predicted molar refractivity (Wildman–Crippen MR) is 99.1 cm³/mol. The molecule has 0 saturated carbocycles. The average Bonchev–Trinajstić information content (AvgIpc) is 2.99. The molecule has 0 radical (unpaired) electrons. The molecule has 2 aromatic carbocycles. The van der Waals surface area contributed by atoms with Gasteiger partial charge in [-0.1, -0.05) is 48.5 Å². The van der Waals surface area contributed by atoms with Crippen LogP contribution in [0.5, 0.6) is 0 Å². The van der Waals surface area contributed by atoms with Crippen LogP contribution in [0, 0.1) is 0 Å². The fraction of sp³-hybridized carbons (Fsp3) is 0.238. The molecule has 1 atom stereocenters. The minimum Gasteiger partial charge on any atom is -0.375 e. The number of nitrogens with zero attached hydrogens (tertiary/aromatic N) is 2. The standard InChI is InChI=1S/C21H23N3/c1-23(14-17-8-3-2-4-9-17)16-20-21-12-7-13-24(21)15-18-10-5-6-11-19(18)22-20/h2-13,20,22H,14-16H2,1H3. The summed E-state index contributed by atoms with van der Waals surface area (Å²) in [7, 11) is 2.19. The van der Waals surface area contributed by atoms with Gasteiger partial charge in [0.15, 0.2) is 0 Å². The maximum absolute atomic E-state index is 3.76. The van der Waals surface area contributed by atoms with Crippen molar-refractivity contribution in [1.29, 1.82) is 0 Å². The van der Waals surface area contributed by atoms with Crippen LogP contribution in [-0.2, 0) is 13.1 Å². The van der Waals surface area contributed by atoms with Crippen LogP contribution in [0.15, 0.2) is 72.9 Å². The first kappa shape index (κ1) is 15.0. The van der Waals surface area contributed by atoms with Crippen LogP contribution in [0.3, 0.4) is 0 Å². The summed E-state index contributed by atoms with van der Waals surface area (Å²) >= 11 is 0. The number of hydrogen-bond acceptors (Lipinski definition) is 2. The highest BCUT2D eigenvalue weighted by Gasteiger charge is 2.22. The summed E-state index contributed by atoms with van der Waals surface area (Å²) in [6.07, 6.45) is 2.18. The molecule has 3 aromatic rings. The third-order valence-electron chi connectivity index (χ3n) is 4.70. The third kappa shape index (κ3) is 3.08. The van der Waals surface area contributed by atoms with Gasteiger partial charge in [-0.2, -0.15) is 0 Å². The second kappa shape index (κ2) is 6.54. The van der Waals surface area contributed by atoms with Crippen molar-refractivity contribution in [3.63, 3.8) is 0 Å². The van der Waals surface area contributed by atoms with E-state index in [-0.39, 0.29) is 6.04 Å². The summed E-state index contributed by atoms with van der Waals surface area (Å²) in [5.74, 6) is 0. The van der Waals surface area contributed by atoms with E-state index < -0.39 is 0 Å². The van der Waals surface area contributed by atoms with Crippen molar-refractivity contribution in [3.8, 4) is 0 Å². The van der Waals surface area contributed by atoms with Crippen LogP contribution in [0.2, 0.25) is 0 Å². The van der Waals surface area contributed by atoms with Crippen molar-refractivity contribution in [1.82, 2.24) is 9.47 Å². The number of nitrogens with one attached hydrogen (secondary N) is 1. The van der Waals surface area contributed by atoms with Crippen LogP contribution in [0.4, 0.5) is 5.69 Å². The zero-order chi connectivity index (χ0) is 16.4. The zero-order valence-corrected chi connectivity index (χ0v) is 14.0. The van der Waals surface area contributed by atoms with Crippen molar-refractivity contribution in [2.75, 3.05) is 18.9 Å². The molecule has 1 unspecified atom stereocenters. The van der Waals surface area contributed by atoms with Gasteiger partial charge in [0, 0.05) is 37.2 Å². The fourth-order valence-electron chi connectivity index (χ4n) is 3.54. The van der Waals surface area contributed by atoms with Gasteiger partial charge < -0.3 is 9.88 Å². The van der Waals surface area contributed by atoms with Crippen LogP contribution in [0.1, 0.15) is 22.9 Å². The van der Waals surface area contributed by atoms with Gasteiger partial charge in [0.1, 0.15) is 0 Å². The number of aromatic nitrogens is 1. The Kier molecular flexibility index (Phi) is 4.09. The van der Waals surface area contributed by atoms with Gasteiger partial charge in [0.2, 0.25) is 0 Å². The summed E-state index contributed by atoms with van der Waals surface area (Å²) in [4.78, 5) is 2.39. The molecule has 122 valence electrons. The summed E-state index contributed by atoms with van der Waals surface area (Å²) in [5, 5.41) is 3.76. The molecule has 1 aromatic heterocycles. The van der Waals surface area contributed by atoms with Crippen molar-refractivity contribution in [3.05, 3.63) is 89.7 Å². The lowest BCUT2D eigenvalue weighted by molar-refractivity contribution is 0.309. The minimum atomic E-state index is 0.289. The minimum absolute atomic E-state index is 0.289. The SMILES string of the molecule is CN(Cc1ccccc1)CC1Nc2ccccc2Cn2cccc21. The average molecular weight is 317 g/mol. The van der Waals surface area contributed by atoms with E-state index in [0.29, 0.717) is 0 Å². The van der Waals surface area contributed by atoms with Crippen LogP contribution in [-0.4, -0.2) is 23.1 Å². The first-order chi connectivity index (χ1) is 11.8. The van der Waals surface area contributed by atoms with E-state index in [2.05, 4.69) is 94.8 Å². The van der Waals surface area contributed by atoms with Crippen molar-refractivity contribution < 1.29 is 0 Å². The van der Waals surface area contributed by atoms with Gasteiger partial charge in [0.25, 0.3) is 0 Å². The number of anilines is 1. The largest absolute Gasteiger partial charge is 0.375 e. The number of rotatable bonds is 4. The van der Waals surface area contributed by atoms with Gasteiger partial charge >= 0.3 is 0 Å². The maximum Gasteiger partial charge on any atom is 0.0792 e. The first-order valence-electron chi connectivity index (χ1n) is 8.51. The van der Waals surface area contributed by atoms with E-state index in [9.17, 15) is 0 Å². The molecule has 1 N–H and O–H groups in total. The molecule has 0 saturated heterocycles.